The Morgan fingerprint density at radius 1 is 1.26 bits per heavy atom. The van der Waals surface area contributed by atoms with Crippen LogP contribution < -0.4 is 20.9 Å². The lowest BCUT2D eigenvalue weighted by molar-refractivity contribution is -0.133. The number of imide groups is 1. The zero-order valence-electron chi connectivity index (χ0n) is 13.1. The molecule has 2 aliphatic heterocycles. The second-order valence-electron chi connectivity index (χ2n) is 6.00. The summed E-state index contributed by atoms with van der Waals surface area (Å²) in [6.45, 7) is 5.12. The van der Waals surface area contributed by atoms with Crippen LogP contribution in [0.2, 0.25) is 0 Å². The van der Waals surface area contributed by atoms with Gasteiger partial charge in [0.25, 0.3) is 0 Å². The number of anilines is 2. The molecule has 23 heavy (non-hydrogen) atoms. The van der Waals surface area contributed by atoms with Crippen molar-refractivity contribution in [3.63, 3.8) is 0 Å². The van der Waals surface area contributed by atoms with Gasteiger partial charge in [0, 0.05) is 38.3 Å². The highest BCUT2D eigenvalue weighted by molar-refractivity contribution is 6.01. The number of carbonyl (C=O) groups is 2. The second kappa shape index (κ2) is 6.54. The molecule has 2 heterocycles. The number of hydrogen-bond acceptors (Lipinski definition) is 5. The van der Waals surface area contributed by atoms with E-state index >= 15 is 0 Å². The van der Waals surface area contributed by atoms with Crippen LogP contribution in [0.3, 0.4) is 0 Å². The molecule has 0 aromatic heterocycles. The lowest BCUT2D eigenvalue weighted by Gasteiger charge is -2.30. The third kappa shape index (κ3) is 3.44. The molecule has 0 saturated carbocycles. The van der Waals surface area contributed by atoms with Crippen molar-refractivity contribution in [2.75, 3.05) is 36.4 Å². The molecule has 3 rings (SSSR count). The summed E-state index contributed by atoms with van der Waals surface area (Å²) in [4.78, 5) is 25.0. The highest BCUT2D eigenvalue weighted by Crippen LogP contribution is 2.28. The first-order valence-corrected chi connectivity index (χ1v) is 7.90. The van der Waals surface area contributed by atoms with Gasteiger partial charge in [-0.1, -0.05) is 0 Å². The molecule has 0 radical (unpaired) electrons. The molecule has 124 valence electrons. The molecule has 1 aromatic rings. The summed E-state index contributed by atoms with van der Waals surface area (Å²) in [5, 5.41) is 8.60. The number of benzene rings is 1. The van der Waals surface area contributed by atoms with Gasteiger partial charge in [-0.15, -0.1) is 0 Å². The number of piperidine rings is 1. The van der Waals surface area contributed by atoms with Gasteiger partial charge in [0.2, 0.25) is 11.8 Å². The smallest absolute Gasteiger partial charge is 0.249 e. The highest BCUT2D eigenvalue weighted by Gasteiger charge is 2.27. The van der Waals surface area contributed by atoms with Crippen molar-refractivity contribution < 1.29 is 14.0 Å². The Balaban J connectivity index is 1.77. The number of piperazine rings is 1. The standard InChI is InChI=1S/C16H21FN4O2/c1-10-8-14(21-6-4-18-5-7-21)11(17)9-13(10)19-12-2-3-15(22)20-16(12)23/h8-9,12,18-19H,2-7H2,1H3,(H,20,22,23). The average Bonchev–Trinajstić information content (AvgIpc) is 2.54. The minimum absolute atomic E-state index is 0.259. The maximum atomic E-state index is 14.5. The number of halogens is 1. The van der Waals surface area contributed by atoms with E-state index in [0.717, 1.165) is 31.7 Å². The fourth-order valence-corrected chi connectivity index (χ4v) is 2.99. The highest BCUT2D eigenvalue weighted by atomic mass is 19.1. The molecule has 0 spiro atoms. The molecule has 2 aliphatic rings. The minimum Gasteiger partial charge on any atom is -0.373 e. The van der Waals surface area contributed by atoms with Crippen molar-refractivity contribution in [1.29, 1.82) is 0 Å². The van der Waals surface area contributed by atoms with Crippen LogP contribution in [0.1, 0.15) is 18.4 Å². The van der Waals surface area contributed by atoms with E-state index in [2.05, 4.69) is 16.0 Å². The van der Waals surface area contributed by atoms with Crippen LogP contribution in [0.4, 0.5) is 15.8 Å². The number of aryl methyl sites for hydroxylation is 1. The fourth-order valence-electron chi connectivity index (χ4n) is 2.99. The topological polar surface area (TPSA) is 73.5 Å². The summed E-state index contributed by atoms with van der Waals surface area (Å²) in [6.07, 6.45) is 0.717. The van der Waals surface area contributed by atoms with E-state index in [0.29, 0.717) is 24.2 Å². The van der Waals surface area contributed by atoms with E-state index in [1.807, 2.05) is 17.9 Å². The molecule has 1 atom stereocenters. The van der Waals surface area contributed by atoms with Crippen molar-refractivity contribution in [2.45, 2.75) is 25.8 Å². The molecule has 0 bridgehead atoms. The van der Waals surface area contributed by atoms with Crippen LogP contribution in [0.25, 0.3) is 0 Å². The number of rotatable bonds is 3. The predicted molar refractivity (Wildman–Crippen MR) is 86.0 cm³/mol. The monoisotopic (exact) mass is 320 g/mol. The minimum atomic E-state index is -0.504. The van der Waals surface area contributed by atoms with Gasteiger partial charge in [0.15, 0.2) is 0 Å². The molecule has 7 heteroatoms. The molecule has 2 fully saturated rings. The average molecular weight is 320 g/mol. The summed E-state index contributed by atoms with van der Waals surface area (Å²) in [5.74, 6) is -0.912. The first-order valence-electron chi connectivity index (χ1n) is 7.90. The molecule has 3 N–H and O–H groups in total. The van der Waals surface area contributed by atoms with Crippen LogP contribution >= 0.6 is 0 Å². The van der Waals surface area contributed by atoms with Gasteiger partial charge in [0.05, 0.1) is 5.69 Å². The number of amides is 2. The third-order valence-corrected chi connectivity index (χ3v) is 4.32. The Kier molecular flexibility index (Phi) is 4.47. The summed E-state index contributed by atoms with van der Waals surface area (Å²) >= 11 is 0. The molecule has 6 nitrogen and oxygen atoms in total. The maximum absolute atomic E-state index is 14.5. The van der Waals surface area contributed by atoms with Gasteiger partial charge in [-0.05, 0) is 31.0 Å². The van der Waals surface area contributed by atoms with E-state index in [4.69, 9.17) is 0 Å². The van der Waals surface area contributed by atoms with Crippen molar-refractivity contribution in [1.82, 2.24) is 10.6 Å². The van der Waals surface area contributed by atoms with Gasteiger partial charge in [0.1, 0.15) is 11.9 Å². The van der Waals surface area contributed by atoms with Crippen molar-refractivity contribution in [3.05, 3.63) is 23.5 Å². The van der Waals surface area contributed by atoms with Gasteiger partial charge < -0.3 is 15.5 Å². The van der Waals surface area contributed by atoms with Gasteiger partial charge in [-0.3, -0.25) is 14.9 Å². The molecule has 1 unspecified atom stereocenters. The number of nitrogens with zero attached hydrogens (tertiary/aromatic N) is 1. The Bertz CT molecular complexity index is 629. The molecule has 2 amide bonds. The fraction of sp³-hybridized carbons (Fsp3) is 0.500. The first-order chi connectivity index (χ1) is 11.0. The van der Waals surface area contributed by atoms with E-state index in [1.54, 1.807) is 0 Å². The predicted octanol–water partition coefficient (Wildman–Crippen LogP) is 0.761. The molecule has 2 saturated heterocycles. The van der Waals surface area contributed by atoms with E-state index in [-0.39, 0.29) is 17.6 Å². The van der Waals surface area contributed by atoms with Gasteiger partial charge >= 0.3 is 0 Å². The lowest BCUT2D eigenvalue weighted by atomic mass is 10.0. The zero-order valence-corrected chi connectivity index (χ0v) is 13.1. The van der Waals surface area contributed by atoms with Crippen LogP contribution in [0.15, 0.2) is 12.1 Å². The zero-order chi connectivity index (χ0) is 16.4. The summed E-state index contributed by atoms with van der Waals surface area (Å²) < 4.78 is 14.5. The summed E-state index contributed by atoms with van der Waals surface area (Å²) in [6, 6.07) is 2.75. The molecule has 0 aliphatic carbocycles. The van der Waals surface area contributed by atoms with E-state index in [1.165, 1.54) is 6.07 Å². The number of nitrogens with one attached hydrogen (secondary N) is 3. The number of hydrogen-bond donors (Lipinski definition) is 3. The van der Waals surface area contributed by atoms with Crippen molar-refractivity contribution >= 4 is 23.2 Å². The largest absolute Gasteiger partial charge is 0.373 e. The molecular weight excluding hydrogens is 299 g/mol. The summed E-state index contributed by atoms with van der Waals surface area (Å²) in [5.41, 5.74) is 2.07. The third-order valence-electron chi connectivity index (χ3n) is 4.32. The lowest BCUT2D eigenvalue weighted by Crippen LogP contribution is -2.47. The van der Waals surface area contributed by atoms with Gasteiger partial charge in [-0.2, -0.15) is 0 Å². The Morgan fingerprint density at radius 3 is 2.70 bits per heavy atom. The normalized spacial score (nSPS) is 22.0. The van der Waals surface area contributed by atoms with Gasteiger partial charge in [-0.25, -0.2) is 4.39 Å². The van der Waals surface area contributed by atoms with Crippen molar-refractivity contribution in [2.24, 2.45) is 0 Å². The SMILES string of the molecule is Cc1cc(N2CCNCC2)c(F)cc1NC1CCC(=O)NC1=O. The van der Waals surface area contributed by atoms with E-state index < -0.39 is 6.04 Å². The first kappa shape index (κ1) is 15.7. The van der Waals surface area contributed by atoms with E-state index in [9.17, 15) is 14.0 Å². The van der Waals surface area contributed by atoms with Crippen LogP contribution in [-0.4, -0.2) is 44.0 Å². The molecule has 1 aromatic carbocycles. The van der Waals surface area contributed by atoms with Crippen LogP contribution in [-0.2, 0) is 9.59 Å². The summed E-state index contributed by atoms with van der Waals surface area (Å²) in [7, 11) is 0. The maximum Gasteiger partial charge on any atom is 0.249 e. The Morgan fingerprint density at radius 2 is 2.00 bits per heavy atom. The van der Waals surface area contributed by atoms with Crippen LogP contribution in [0, 0.1) is 12.7 Å². The van der Waals surface area contributed by atoms with Crippen molar-refractivity contribution in [3.8, 4) is 0 Å². The number of carbonyl (C=O) groups excluding carboxylic acids is 2. The molecular formula is C16H21FN4O2. The Hall–Kier alpha value is -2.15. The van der Waals surface area contributed by atoms with Crippen LogP contribution in [0.5, 0.6) is 0 Å². The Labute approximate surface area is 134 Å². The quantitative estimate of drug-likeness (QED) is 0.717. The second-order valence-corrected chi connectivity index (χ2v) is 6.00.